The third-order valence-electron chi connectivity index (χ3n) is 7.15. The van der Waals surface area contributed by atoms with E-state index < -0.39 is 0 Å². The van der Waals surface area contributed by atoms with Gasteiger partial charge in [0.15, 0.2) is 11.5 Å². The summed E-state index contributed by atoms with van der Waals surface area (Å²) in [6.07, 6.45) is 0. The van der Waals surface area contributed by atoms with Crippen LogP contribution in [0.25, 0.3) is 16.9 Å². The van der Waals surface area contributed by atoms with Gasteiger partial charge in [-0.3, -0.25) is 9.69 Å². The molecule has 2 aliphatic rings. The Hall–Kier alpha value is -4.17. The fourth-order valence-corrected chi connectivity index (χ4v) is 5.09. The van der Waals surface area contributed by atoms with Crippen molar-refractivity contribution in [1.82, 2.24) is 19.6 Å². The summed E-state index contributed by atoms with van der Waals surface area (Å²) in [5.41, 5.74) is 6.08. The first-order chi connectivity index (χ1) is 18.4. The van der Waals surface area contributed by atoms with E-state index in [9.17, 15) is 9.18 Å². The SMILES string of the molecule is Cc1ccc(-n2nc(-c3ccc(F)cc3)cc2C(=O)N2CCN(Cc3ccc4c(c3)OCO4)CC2)c(C)c1. The first-order valence-corrected chi connectivity index (χ1v) is 12.8. The molecule has 1 saturated heterocycles. The highest BCUT2D eigenvalue weighted by Crippen LogP contribution is 2.33. The smallest absolute Gasteiger partial charge is 0.272 e. The molecule has 6 rings (SSSR count). The highest BCUT2D eigenvalue weighted by atomic mass is 19.1. The van der Waals surface area contributed by atoms with Gasteiger partial charge in [-0.1, -0.05) is 23.8 Å². The van der Waals surface area contributed by atoms with Crippen molar-refractivity contribution in [1.29, 1.82) is 0 Å². The van der Waals surface area contributed by atoms with Crippen LogP contribution >= 0.6 is 0 Å². The molecule has 7 nitrogen and oxygen atoms in total. The first kappa shape index (κ1) is 24.2. The summed E-state index contributed by atoms with van der Waals surface area (Å²) in [5.74, 6) is 1.20. The lowest BCUT2D eigenvalue weighted by Crippen LogP contribution is -2.48. The molecule has 194 valence electrons. The van der Waals surface area contributed by atoms with E-state index in [0.717, 1.165) is 59.1 Å². The van der Waals surface area contributed by atoms with Crippen LogP contribution in [0.1, 0.15) is 27.2 Å². The van der Waals surface area contributed by atoms with Gasteiger partial charge in [0.1, 0.15) is 11.5 Å². The second kappa shape index (κ2) is 9.95. The monoisotopic (exact) mass is 512 g/mol. The van der Waals surface area contributed by atoms with E-state index in [1.807, 2.05) is 49.1 Å². The molecule has 0 bridgehead atoms. The molecule has 3 heterocycles. The predicted molar refractivity (Wildman–Crippen MR) is 142 cm³/mol. The molecular weight excluding hydrogens is 483 g/mol. The number of nitrogens with zero attached hydrogens (tertiary/aromatic N) is 4. The number of aromatic nitrogens is 2. The summed E-state index contributed by atoms with van der Waals surface area (Å²) < 4.78 is 26.2. The average molecular weight is 513 g/mol. The molecule has 1 fully saturated rings. The number of amides is 1. The molecule has 0 spiro atoms. The van der Waals surface area contributed by atoms with Crippen LogP contribution in [0.2, 0.25) is 0 Å². The van der Waals surface area contributed by atoms with Gasteiger partial charge in [0, 0.05) is 38.3 Å². The molecule has 8 heteroatoms. The van der Waals surface area contributed by atoms with Crippen LogP contribution in [0, 0.1) is 19.7 Å². The molecule has 0 radical (unpaired) electrons. The Labute approximate surface area is 221 Å². The lowest BCUT2D eigenvalue weighted by molar-refractivity contribution is 0.0619. The van der Waals surface area contributed by atoms with Crippen molar-refractivity contribution in [3.05, 3.63) is 94.9 Å². The summed E-state index contributed by atoms with van der Waals surface area (Å²) in [7, 11) is 0. The van der Waals surface area contributed by atoms with Gasteiger partial charge in [-0.05, 0) is 73.5 Å². The number of halogens is 1. The van der Waals surface area contributed by atoms with Crippen LogP contribution < -0.4 is 9.47 Å². The van der Waals surface area contributed by atoms with Crippen LogP contribution in [0.15, 0.2) is 66.7 Å². The minimum Gasteiger partial charge on any atom is -0.454 e. The van der Waals surface area contributed by atoms with Gasteiger partial charge in [-0.15, -0.1) is 0 Å². The third-order valence-corrected chi connectivity index (χ3v) is 7.15. The fraction of sp³-hybridized carbons (Fsp3) is 0.267. The van der Waals surface area contributed by atoms with Crippen molar-refractivity contribution in [3.63, 3.8) is 0 Å². The van der Waals surface area contributed by atoms with E-state index in [1.54, 1.807) is 16.8 Å². The molecule has 0 unspecified atom stereocenters. The van der Waals surface area contributed by atoms with Gasteiger partial charge < -0.3 is 14.4 Å². The number of aryl methyl sites for hydroxylation is 2. The molecule has 2 aliphatic heterocycles. The Morgan fingerprint density at radius 2 is 1.66 bits per heavy atom. The van der Waals surface area contributed by atoms with E-state index >= 15 is 0 Å². The van der Waals surface area contributed by atoms with E-state index in [2.05, 4.69) is 17.0 Å². The first-order valence-electron chi connectivity index (χ1n) is 12.8. The van der Waals surface area contributed by atoms with Gasteiger partial charge in [-0.25, -0.2) is 9.07 Å². The van der Waals surface area contributed by atoms with Crippen LogP contribution in [0.4, 0.5) is 4.39 Å². The van der Waals surface area contributed by atoms with Gasteiger partial charge in [0.25, 0.3) is 5.91 Å². The molecule has 0 atom stereocenters. The van der Waals surface area contributed by atoms with Crippen molar-refractivity contribution < 1.29 is 18.7 Å². The normalized spacial score (nSPS) is 15.2. The van der Waals surface area contributed by atoms with Gasteiger partial charge in [-0.2, -0.15) is 5.10 Å². The highest BCUT2D eigenvalue weighted by Gasteiger charge is 2.27. The molecule has 0 saturated carbocycles. The number of carbonyl (C=O) groups is 1. The Morgan fingerprint density at radius 3 is 2.42 bits per heavy atom. The van der Waals surface area contributed by atoms with Crippen molar-refractivity contribution in [3.8, 4) is 28.4 Å². The van der Waals surface area contributed by atoms with E-state index in [-0.39, 0.29) is 18.5 Å². The number of hydrogen-bond acceptors (Lipinski definition) is 5. The van der Waals surface area contributed by atoms with Crippen LogP contribution in [0.5, 0.6) is 11.5 Å². The highest BCUT2D eigenvalue weighted by molar-refractivity contribution is 5.94. The summed E-state index contributed by atoms with van der Waals surface area (Å²) in [4.78, 5) is 18.1. The number of hydrogen-bond donors (Lipinski definition) is 0. The van der Waals surface area contributed by atoms with Crippen molar-refractivity contribution >= 4 is 5.91 Å². The Balaban J connectivity index is 1.22. The molecule has 0 N–H and O–H groups in total. The minimum absolute atomic E-state index is 0.0615. The number of benzene rings is 3. The van der Waals surface area contributed by atoms with E-state index in [1.165, 1.54) is 12.1 Å². The number of rotatable bonds is 5. The summed E-state index contributed by atoms with van der Waals surface area (Å²) in [6, 6.07) is 20.1. The second-order valence-corrected chi connectivity index (χ2v) is 9.88. The molecule has 4 aromatic rings. The van der Waals surface area contributed by atoms with Gasteiger partial charge in [0.2, 0.25) is 6.79 Å². The Morgan fingerprint density at radius 1 is 0.895 bits per heavy atom. The van der Waals surface area contributed by atoms with Crippen molar-refractivity contribution in [2.24, 2.45) is 0 Å². The maximum absolute atomic E-state index is 13.8. The standard InChI is InChI=1S/C30H29FN4O3/c1-20-3-9-26(21(2)15-20)35-27(17-25(32-35)23-5-7-24(31)8-6-23)30(36)34-13-11-33(12-14-34)18-22-4-10-28-29(16-22)38-19-37-28/h3-10,15-17H,11-14,18-19H2,1-2H3. The lowest BCUT2D eigenvalue weighted by Gasteiger charge is -2.34. The molecular formula is C30H29FN4O3. The fourth-order valence-electron chi connectivity index (χ4n) is 5.09. The number of carbonyl (C=O) groups excluding carboxylic acids is 1. The van der Waals surface area contributed by atoms with Crippen LogP contribution in [-0.4, -0.2) is 58.5 Å². The van der Waals surface area contributed by atoms with Crippen molar-refractivity contribution in [2.45, 2.75) is 20.4 Å². The molecule has 3 aromatic carbocycles. The minimum atomic E-state index is -0.308. The summed E-state index contributed by atoms with van der Waals surface area (Å²) in [5, 5.41) is 4.80. The molecule has 1 aromatic heterocycles. The largest absolute Gasteiger partial charge is 0.454 e. The van der Waals surface area contributed by atoms with Crippen LogP contribution in [0.3, 0.4) is 0 Å². The predicted octanol–water partition coefficient (Wildman–Crippen LogP) is 4.98. The number of piperazine rings is 1. The summed E-state index contributed by atoms with van der Waals surface area (Å²) >= 11 is 0. The maximum atomic E-state index is 13.8. The van der Waals surface area contributed by atoms with Gasteiger partial charge in [0.05, 0.1) is 11.4 Å². The van der Waals surface area contributed by atoms with Gasteiger partial charge >= 0.3 is 0 Å². The van der Waals surface area contributed by atoms with Crippen molar-refractivity contribution in [2.75, 3.05) is 33.0 Å². The number of ether oxygens (including phenoxy) is 2. The third kappa shape index (κ3) is 4.75. The quantitative estimate of drug-likeness (QED) is 0.378. The molecule has 38 heavy (non-hydrogen) atoms. The Kier molecular flexibility index (Phi) is 6.33. The zero-order valence-electron chi connectivity index (χ0n) is 21.5. The average Bonchev–Trinajstić information content (AvgIpc) is 3.56. The molecule has 0 aliphatic carbocycles. The zero-order valence-corrected chi connectivity index (χ0v) is 21.5. The number of fused-ring (bicyclic) bond motifs is 1. The van der Waals surface area contributed by atoms with Crippen LogP contribution in [-0.2, 0) is 6.54 Å². The topological polar surface area (TPSA) is 59.8 Å². The van der Waals surface area contributed by atoms with E-state index in [4.69, 9.17) is 14.6 Å². The zero-order chi connectivity index (χ0) is 26.2. The lowest BCUT2D eigenvalue weighted by atomic mass is 10.1. The second-order valence-electron chi connectivity index (χ2n) is 9.88. The maximum Gasteiger partial charge on any atom is 0.272 e. The molecule has 1 amide bonds. The summed E-state index contributed by atoms with van der Waals surface area (Å²) in [6.45, 7) is 7.88. The Bertz CT molecular complexity index is 1490. The van der Waals surface area contributed by atoms with E-state index in [0.29, 0.717) is 24.5 Å².